The summed E-state index contributed by atoms with van der Waals surface area (Å²) in [7, 11) is 1.55. The molecule has 110 valence electrons. The fourth-order valence-electron chi connectivity index (χ4n) is 2.87. The molecule has 1 saturated heterocycles. The van der Waals surface area contributed by atoms with Crippen LogP contribution in [0, 0.1) is 0 Å². The number of rotatable bonds is 3. The lowest BCUT2D eigenvalue weighted by Gasteiger charge is -2.22. The number of hydrogen-bond acceptors (Lipinski definition) is 4. The first-order valence-electron chi connectivity index (χ1n) is 7.10. The molecule has 1 aliphatic heterocycles. The normalized spacial score (nSPS) is 18.2. The van der Waals surface area contributed by atoms with Crippen LogP contribution >= 0.6 is 0 Å². The maximum Gasteiger partial charge on any atom is 0.272 e. The van der Waals surface area contributed by atoms with E-state index in [1.165, 1.54) is 0 Å². The number of pyridine rings is 1. The number of amides is 1. The van der Waals surface area contributed by atoms with Crippen LogP contribution in [0.4, 0.5) is 0 Å². The van der Waals surface area contributed by atoms with Gasteiger partial charge in [-0.2, -0.15) is 0 Å². The Balaban J connectivity index is 2.02. The smallest absolute Gasteiger partial charge is 0.272 e. The zero-order valence-corrected chi connectivity index (χ0v) is 12.0. The zero-order chi connectivity index (χ0) is 14.8. The van der Waals surface area contributed by atoms with Crippen LogP contribution in [0.15, 0.2) is 30.3 Å². The number of aliphatic hydroxyl groups excluding tert-OH is 1. The van der Waals surface area contributed by atoms with Gasteiger partial charge < -0.3 is 14.7 Å². The van der Waals surface area contributed by atoms with Crippen molar-refractivity contribution < 1.29 is 14.6 Å². The number of hydrogen-bond donors (Lipinski definition) is 1. The van der Waals surface area contributed by atoms with E-state index in [9.17, 15) is 9.90 Å². The largest absolute Gasteiger partial charge is 0.481 e. The number of aliphatic hydroxyl groups is 1. The van der Waals surface area contributed by atoms with Gasteiger partial charge in [0.15, 0.2) is 0 Å². The summed E-state index contributed by atoms with van der Waals surface area (Å²) in [6.45, 7) is 0.664. The summed E-state index contributed by atoms with van der Waals surface area (Å²) < 4.78 is 5.30. The van der Waals surface area contributed by atoms with E-state index in [4.69, 9.17) is 4.74 Å². The molecule has 2 heterocycles. The summed E-state index contributed by atoms with van der Waals surface area (Å²) in [6.07, 6.45) is 1.76. The lowest BCUT2D eigenvalue weighted by molar-refractivity contribution is 0.0671. The van der Waals surface area contributed by atoms with Gasteiger partial charge in [0, 0.05) is 11.9 Å². The van der Waals surface area contributed by atoms with Gasteiger partial charge in [-0.05, 0) is 30.4 Å². The molecule has 3 rings (SSSR count). The van der Waals surface area contributed by atoms with Gasteiger partial charge in [-0.1, -0.05) is 18.2 Å². The van der Waals surface area contributed by atoms with E-state index in [-0.39, 0.29) is 18.6 Å². The van der Waals surface area contributed by atoms with Gasteiger partial charge in [0.2, 0.25) is 5.88 Å². The summed E-state index contributed by atoms with van der Waals surface area (Å²) in [4.78, 5) is 18.7. The van der Waals surface area contributed by atoms with Crippen molar-refractivity contribution in [2.75, 3.05) is 20.3 Å². The second kappa shape index (κ2) is 5.69. The van der Waals surface area contributed by atoms with Crippen LogP contribution in [0.2, 0.25) is 0 Å². The molecule has 5 heteroatoms. The lowest BCUT2D eigenvalue weighted by Crippen LogP contribution is -2.38. The maximum absolute atomic E-state index is 12.6. The molecular formula is C16H18N2O3. The van der Waals surface area contributed by atoms with Crippen molar-refractivity contribution in [1.29, 1.82) is 0 Å². The summed E-state index contributed by atoms with van der Waals surface area (Å²) in [5.41, 5.74) is 0.367. The van der Waals surface area contributed by atoms with Gasteiger partial charge in [-0.3, -0.25) is 4.79 Å². The molecule has 1 N–H and O–H groups in total. The third-order valence-electron chi connectivity index (χ3n) is 3.97. The molecular weight excluding hydrogens is 268 g/mol. The Kier molecular flexibility index (Phi) is 3.75. The number of ether oxygens (including phenoxy) is 1. The second-order valence-corrected chi connectivity index (χ2v) is 5.22. The van der Waals surface area contributed by atoms with Crippen molar-refractivity contribution in [3.05, 3.63) is 36.0 Å². The number of aromatic nitrogens is 1. The van der Waals surface area contributed by atoms with Crippen molar-refractivity contribution in [2.45, 2.75) is 18.9 Å². The third-order valence-corrected chi connectivity index (χ3v) is 3.97. The average molecular weight is 286 g/mol. The monoisotopic (exact) mass is 286 g/mol. The molecule has 21 heavy (non-hydrogen) atoms. The van der Waals surface area contributed by atoms with Crippen molar-refractivity contribution in [3.8, 4) is 5.88 Å². The molecule has 1 atom stereocenters. The number of methoxy groups -OCH3 is 1. The Morgan fingerprint density at radius 2 is 2.29 bits per heavy atom. The highest BCUT2D eigenvalue weighted by Gasteiger charge is 2.30. The molecule has 0 aliphatic carbocycles. The van der Waals surface area contributed by atoms with Crippen LogP contribution in [-0.2, 0) is 0 Å². The SMILES string of the molecule is COc1nc(C(=O)N2CCC[C@@H]2CO)cc2ccccc12. The Morgan fingerprint density at radius 3 is 3.05 bits per heavy atom. The second-order valence-electron chi connectivity index (χ2n) is 5.22. The molecule has 0 saturated carbocycles. The number of carbonyl (C=O) groups excluding carboxylic acids is 1. The number of fused-ring (bicyclic) bond motifs is 1. The van der Waals surface area contributed by atoms with Gasteiger partial charge in [0.25, 0.3) is 5.91 Å². The molecule has 5 nitrogen and oxygen atoms in total. The molecule has 1 aromatic carbocycles. The van der Waals surface area contributed by atoms with Gasteiger partial charge in [0.1, 0.15) is 5.69 Å². The van der Waals surface area contributed by atoms with Crippen LogP contribution in [0.5, 0.6) is 5.88 Å². The highest BCUT2D eigenvalue weighted by molar-refractivity contribution is 5.98. The van der Waals surface area contributed by atoms with E-state index in [0.717, 1.165) is 23.6 Å². The summed E-state index contributed by atoms with van der Waals surface area (Å²) in [5, 5.41) is 11.2. The molecule has 1 aromatic heterocycles. The zero-order valence-electron chi connectivity index (χ0n) is 12.0. The molecule has 1 fully saturated rings. The first kappa shape index (κ1) is 13.8. The van der Waals surface area contributed by atoms with E-state index >= 15 is 0 Å². The first-order valence-corrected chi connectivity index (χ1v) is 7.10. The highest BCUT2D eigenvalue weighted by Crippen LogP contribution is 2.26. The van der Waals surface area contributed by atoms with E-state index < -0.39 is 0 Å². The van der Waals surface area contributed by atoms with E-state index in [1.807, 2.05) is 24.3 Å². The fraction of sp³-hybridized carbons (Fsp3) is 0.375. The Bertz CT molecular complexity index is 672. The van der Waals surface area contributed by atoms with Crippen molar-refractivity contribution >= 4 is 16.7 Å². The summed E-state index contributed by atoms with van der Waals surface area (Å²) in [5.74, 6) is 0.312. The van der Waals surface area contributed by atoms with Gasteiger partial charge in [-0.25, -0.2) is 4.98 Å². The van der Waals surface area contributed by atoms with Crippen molar-refractivity contribution in [1.82, 2.24) is 9.88 Å². The number of nitrogens with zero attached hydrogens (tertiary/aromatic N) is 2. The molecule has 0 bridgehead atoms. The molecule has 0 unspecified atom stereocenters. The Hall–Kier alpha value is -2.14. The van der Waals surface area contributed by atoms with Crippen molar-refractivity contribution in [3.63, 3.8) is 0 Å². The quantitative estimate of drug-likeness (QED) is 0.935. The standard InChI is InChI=1S/C16H18N2O3/c1-21-15-13-7-3-2-5-11(13)9-14(17-15)16(20)18-8-4-6-12(18)10-19/h2-3,5,7,9,12,19H,4,6,8,10H2,1H3/t12-/m1/s1. The Morgan fingerprint density at radius 1 is 1.48 bits per heavy atom. The number of benzene rings is 1. The van der Waals surface area contributed by atoms with Crippen LogP contribution in [0.25, 0.3) is 10.8 Å². The van der Waals surface area contributed by atoms with Crippen LogP contribution in [-0.4, -0.2) is 47.2 Å². The van der Waals surface area contributed by atoms with Gasteiger partial charge in [0.05, 0.1) is 19.8 Å². The Labute approximate surface area is 123 Å². The summed E-state index contributed by atoms with van der Waals surface area (Å²) in [6, 6.07) is 9.37. The highest BCUT2D eigenvalue weighted by atomic mass is 16.5. The summed E-state index contributed by atoms with van der Waals surface area (Å²) >= 11 is 0. The third kappa shape index (κ3) is 2.45. The maximum atomic E-state index is 12.6. The van der Waals surface area contributed by atoms with E-state index in [1.54, 1.807) is 18.1 Å². The minimum Gasteiger partial charge on any atom is -0.481 e. The number of carbonyl (C=O) groups is 1. The average Bonchev–Trinajstić information content (AvgIpc) is 3.01. The molecule has 2 aromatic rings. The molecule has 1 amide bonds. The number of likely N-dealkylation sites (tertiary alicyclic amines) is 1. The minimum absolute atomic E-state index is 0.00352. The topological polar surface area (TPSA) is 62.7 Å². The molecule has 1 aliphatic rings. The van der Waals surface area contributed by atoms with E-state index in [0.29, 0.717) is 18.1 Å². The van der Waals surface area contributed by atoms with Gasteiger partial charge >= 0.3 is 0 Å². The van der Waals surface area contributed by atoms with Gasteiger partial charge in [-0.15, -0.1) is 0 Å². The molecule has 0 spiro atoms. The van der Waals surface area contributed by atoms with Crippen LogP contribution < -0.4 is 4.74 Å². The minimum atomic E-state index is -0.143. The fourth-order valence-corrected chi connectivity index (χ4v) is 2.87. The predicted molar refractivity (Wildman–Crippen MR) is 79.4 cm³/mol. The van der Waals surface area contributed by atoms with E-state index in [2.05, 4.69) is 4.98 Å². The molecule has 0 radical (unpaired) electrons. The van der Waals surface area contributed by atoms with Crippen molar-refractivity contribution in [2.24, 2.45) is 0 Å². The van der Waals surface area contributed by atoms with Crippen LogP contribution in [0.1, 0.15) is 23.3 Å². The predicted octanol–water partition coefficient (Wildman–Crippen LogP) is 1.84. The van der Waals surface area contributed by atoms with Crippen LogP contribution in [0.3, 0.4) is 0 Å². The lowest BCUT2D eigenvalue weighted by atomic mass is 10.1. The first-order chi connectivity index (χ1) is 10.2.